The van der Waals surface area contributed by atoms with Gasteiger partial charge in [-0.25, -0.2) is 4.79 Å². The van der Waals surface area contributed by atoms with Crippen molar-refractivity contribution in [1.29, 1.82) is 0 Å². The third-order valence-corrected chi connectivity index (χ3v) is 2.66. The van der Waals surface area contributed by atoms with Crippen molar-refractivity contribution in [2.75, 3.05) is 0 Å². The Hall–Kier alpha value is 0.206. The van der Waals surface area contributed by atoms with Crippen LogP contribution in [-0.2, 0) is 19.1 Å². The first-order chi connectivity index (χ1) is 8.97. The van der Waals surface area contributed by atoms with Crippen LogP contribution in [-0.4, -0.2) is 23.9 Å². The topological polar surface area (TPSA) is 110 Å². The molecular formula is C13H22KNO5. The van der Waals surface area contributed by atoms with Crippen LogP contribution in [0, 0.1) is 0 Å². The normalized spacial score (nSPS) is 11.3. The molecule has 1 unspecified atom stereocenters. The van der Waals surface area contributed by atoms with Crippen LogP contribution < -0.4 is 62.2 Å². The van der Waals surface area contributed by atoms with Gasteiger partial charge in [0, 0.05) is 12.4 Å². The fraction of sp³-hybridized carbons (Fsp3) is 0.769. The number of carboxylic acid groups (broad SMARTS) is 1. The van der Waals surface area contributed by atoms with Gasteiger partial charge in [-0.05, 0) is 19.3 Å². The van der Waals surface area contributed by atoms with Gasteiger partial charge in [-0.2, -0.15) is 0 Å². The Balaban J connectivity index is 0. The van der Waals surface area contributed by atoms with Crippen LogP contribution in [0.1, 0.15) is 58.3 Å². The van der Waals surface area contributed by atoms with Crippen molar-refractivity contribution in [3.8, 4) is 0 Å². The molecule has 0 heterocycles. The molecule has 0 aliphatic carbocycles. The molecule has 0 aliphatic heterocycles. The second-order valence-corrected chi connectivity index (χ2v) is 4.47. The number of hydrogen-bond donors (Lipinski definition) is 1. The van der Waals surface area contributed by atoms with Gasteiger partial charge in [0.25, 0.3) is 0 Å². The summed E-state index contributed by atoms with van der Waals surface area (Å²) in [5.41, 5.74) is 5.39. The van der Waals surface area contributed by atoms with Crippen LogP contribution in [0.4, 0.5) is 0 Å². The van der Waals surface area contributed by atoms with Gasteiger partial charge >= 0.3 is 63.3 Å². The monoisotopic (exact) mass is 311 g/mol. The molecule has 110 valence electrons. The molecule has 0 saturated heterocycles. The summed E-state index contributed by atoms with van der Waals surface area (Å²) in [4.78, 5) is 32.8. The molecule has 0 aromatic heterocycles. The molecule has 0 amide bonds. The van der Waals surface area contributed by atoms with E-state index in [1.807, 2.05) is 0 Å². The molecule has 0 spiro atoms. The zero-order valence-electron chi connectivity index (χ0n) is 12.4. The second kappa shape index (κ2) is 14.2. The Morgan fingerprint density at radius 1 is 1.10 bits per heavy atom. The molecule has 6 nitrogen and oxygen atoms in total. The van der Waals surface area contributed by atoms with Gasteiger partial charge in [0.2, 0.25) is 0 Å². The Morgan fingerprint density at radius 2 is 1.70 bits per heavy atom. The van der Waals surface area contributed by atoms with Crippen molar-refractivity contribution in [3.63, 3.8) is 0 Å². The zero-order chi connectivity index (χ0) is 14.7. The van der Waals surface area contributed by atoms with E-state index in [1.165, 1.54) is 0 Å². The van der Waals surface area contributed by atoms with E-state index in [2.05, 4.69) is 11.7 Å². The van der Waals surface area contributed by atoms with Gasteiger partial charge in [0.05, 0.1) is 0 Å². The van der Waals surface area contributed by atoms with Gasteiger partial charge in [-0.1, -0.05) is 32.6 Å². The van der Waals surface area contributed by atoms with Gasteiger partial charge in [-0.3, -0.25) is 4.79 Å². The van der Waals surface area contributed by atoms with E-state index in [-0.39, 0.29) is 70.6 Å². The van der Waals surface area contributed by atoms with Gasteiger partial charge < -0.3 is 20.4 Å². The van der Waals surface area contributed by atoms with Gasteiger partial charge in [0.1, 0.15) is 6.04 Å². The molecule has 0 saturated carbocycles. The third kappa shape index (κ3) is 13.2. The molecular weight excluding hydrogens is 289 g/mol. The summed E-state index contributed by atoms with van der Waals surface area (Å²) in [7, 11) is 0. The SMILES string of the molecule is CCCCCCCC(=O)OC(=O)C(N)CCC(=O)[O-].[K+]. The molecule has 7 heteroatoms. The number of esters is 2. The maximum absolute atomic E-state index is 11.3. The molecule has 0 bridgehead atoms. The van der Waals surface area contributed by atoms with E-state index >= 15 is 0 Å². The van der Waals surface area contributed by atoms with E-state index in [0.717, 1.165) is 25.7 Å². The maximum atomic E-state index is 11.3. The minimum Gasteiger partial charge on any atom is -0.550 e. The maximum Gasteiger partial charge on any atom is 1.00 e. The fourth-order valence-corrected chi connectivity index (χ4v) is 1.50. The van der Waals surface area contributed by atoms with Crippen LogP contribution in [0.2, 0.25) is 0 Å². The number of ether oxygens (including phenoxy) is 1. The van der Waals surface area contributed by atoms with Crippen LogP contribution in [0.15, 0.2) is 0 Å². The number of carbonyl (C=O) groups excluding carboxylic acids is 3. The number of hydrogen-bond acceptors (Lipinski definition) is 6. The largest absolute Gasteiger partial charge is 1.00 e. The van der Waals surface area contributed by atoms with Crippen molar-refractivity contribution >= 4 is 17.9 Å². The fourth-order valence-electron chi connectivity index (χ4n) is 1.50. The minimum atomic E-state index is -1.29. The Labute approximate surface area is 162 Å². The summed E-state index contributed by atoms with van der Waals surface area (Å²) in [6, 6.07) is -1.10. The second-order valence-electron chi connectivity index (χ2n) is 4.47. The summed E-state index contributed by atoms with van der Waals surface area (Å²) in [5, 5.41) is 10.2. The number of carbonyl (C=O) groups is 3. The Bertz CT molecular complexity index is 309. The number of nitrogens with two attached hydrogens (primary N) is 1. The smallest absolute Gasteiger partial charge is 0.550 e. The van der Waals surface area contributed by atoms with E-state index < -0.39 is 23.9 Å². The first-order valence-corrected chi connectivity index (χ1v) is 6.67. The summed E-state index contributed by atoms with van der Waals surface area (Å²) < 4.78 is 4.53. The first-order valence-electron chi connectivity index (χ1n) is 6.67. The molecule has 0 aliphatic rings. The van der Waals surface area contributed by atoms with Crippen molar-refractivity contribution in [2.24, 2.45) is 5.73 Å². The quantitative estimate of drug-likeness (QED) is 0.203. The summed E-state index contributed by atoms with van der Waals surface area (Å²) in [6.07, 6.45) is 4.67. The average molecular weight is 311 g/mol. The van der Waals surface area contributed by atoms with E-state index in [0.29, 0.717) is 6.42 Å². The summed E-state index contributed by atoms with van der Waals surface area (Å²) in [5.74, 6) is -2.77. The molecule has 0 aromatic carbocycles. The van der Waals surface area contributed by atoms with Crippen molar-refractivity contribution < 1.29 is 75.6 Å². The van der Waals surface area contributed by atoms with Crippen molar-refractivity contribution in [1.82, 2.24) is 0 Å². The predicted octanol–water partition coefficient (Wildman–Crippen LogP) is -2.72. The summed E-state index contributed by atoms with van der Waals surface area (Å²) in [6.45, 7) is 2.10. The predicted molar refractivity (Wildman–Crippen MR) is 66.7 cm³/mol. The molecule has 1 atom stereocenters. The van der Waals surface area contributed by atoms with Crippen LogP contribution >= 0.6 is 0 Å². The molecule has 2 N–H and O–H groups in total. The number of carboxylic acids is 1. The van der Waals surface area contributed by atoms with Crippen LogP contribution in [0.25, 0.3) is 0 Å². The van der Waals surface area contributed by atoms with Crippen LogP contribution in [0.3, 0.4) is 0 Å². The molecule has 0 rings (SSSR count). The third-order valence-electron chi connectivity index (χ3n) is 2.66. The summed E-state index contributed by atoms with van der Waals surface area (Å²) >= 11 is 0. The standard InChI is InChI=1S/C13H23NO5.K/c1-2-3-4-5-6-7-12(17)19-13(18)10(14)8-9-11(15)16;/h10H,2-9,14H2,1H3,(H,15,16);/q;+1/p-1. The van der Waals surface area contributed by atoms with E-state index in [9.17, 15) is 19.5 Å². The molecule has 0 fully saturated rings. The van der Waals surface area contributed by atoms with Gasteiger partial charge in [0.15, 0.2) is 0 Å². The number of rotatable bonds is 10. The van der Waals surface area contributed by atoms with Crippen molar-refractivity contribution in [3.05, 3.63) is 0 Å². The van der Waals surface area contributed by atoms with E-state index in [1.54, 1.807) is 0 Å². The average Bonchev–Trinajstić information content (AvgIpc) is 2.35. The minimum absolute atomic E-state index is 0. The molecule has 0 aromatic rings. The molecule has 20 heavy (non-hydrogen) atoms. The van der Waals surface area contributed by atoms with Crippen LogP contribution in [0.5, 0.6) is 0 Å². The van der Waals surface area contributed by atoms with Crippen molar-refractivity contribution in [2.45, 2.75) is 64.3 Å². The number of unbranched alkanes of at least 4 members (excludes halogenated alkanes) is 4. The Kier molecular flexibility index (Phi) is 15.9. The Morgan fingerprint density at radius 3 is 2.25 bits per heavy atom. The van der Waals surface area contributed by atoms with E-state index in [4.69, 9.17) is 5.73 Å². The first kappa shape index (κ1) is 22.5. The zero-order valence-corrected chi connectivity index (χ0v) is 15.5. The van der Waals surface area contributed by atoms with Gasteiger partial charge in [-0.15, -0.1) is 0 Å². The molecule has 0 radical (unpaired) electrons. The number of aliphatic carboxylic acids is 1.